The summed E-state index contributed by atoms with van der Waals surface area (Å²) in [5.74, 6) is -0.410. The fourth-order valence-electron chi connectivity index (χ4n) is 1.44. The Bertz CT molecular complexity index is 520. The molecule has 0 unspecified atom stereocenters. The molecule has 0 radical (unpaired) electrons. The molecule has 0 aliphatic rings. The summed E-state index contributed by atoms with van der Waals surface area (Å²) in [5, 5.41) is 0. The van der Waals surface area contributed by atoms with Gasteiger partial charge in [0.15, 0.2) is 12.2 Å². The molecule has 0 saturated heterocycles. The van der Waals surface area contributed by atoms with E-state index in [9.17, 15) is 9.18 Å². The maximum atomic E-state index is 12.7. The molecule has 2 rings (SSSR count). The number of halogens is 1. The van der Waals surface area contributed by atoms with Gasteiger partial charge in [0.25, 0.3) is 6.33 Å². The van der Waals surface area contributed by atoms with Crippen LogP contribution in [0.15, 0.2) is 42.9 Å². The van der Waals surface area contributed by atoms with Crippen LogP contribution in [0.25, 0.3) is 0 Å². The van der Waals surface area contributed by atoms with E-state index in [2.05, 4.69) is 4.98 Å². The third-order valence-corrected chi connectivity index (χ3v) is 2.41. The molecule has 0 aliphatic carbocycles. The number of nitrogens with zero attached hydrogens (tertiary/aromatic N) is 2. The Morgan fingerprint density at radius 3 is 2.59 bits per heavy atom. The number of carbonyl (C=O) groups is 1. The molecular formula is C13H12FN2O+. The maximum absolute atomic E-state index is 12.7. The van der Waals surface area contributed by atoms with Gasteiger partial charge in [0.1, 0.15) is 5.82 Å². The molecule has 0 spiro atoms. The molecule has 0 aliphatic heterocycles. The van der Waals surface area contributed by atoms with E-state index in [-0.39, 0.29) is 18.1 Å². The predicted octanol–water partition coefficient (Wildman–Crippen LogP) is 1.70. The summed E-state index contributed by atoms with van der Waals surface area (Å²) in [6.45, 7) is 2.09. The molecule has 0 atom stereocenters. The Labute approximate surface area is 98.6 Å². The van der Waals surface area contributed by atoms with Gasteiger partial charge in [-0.3, -0.25) is 4.79 Å². The van der Waals surface area contributed by atoms with Gasteiger partial charge in [-0.1, -0.05) is 4.98 Å². The van der Waals surface area contributed by atoms with Crippen LogP contribution in [0.5, 0.6) is 0 Å². The van der Waals surface area contributed by atoms with Gasteiger partial charge in [0, 0.05) is 18.6 Å². The van der Waals surface area contributed by atoms with Gasteiger partial charge in [0.05, 0.1) is 6.20 Å². The fourth-order valence-corrected chi connectivity index (χ4v) is 1.44. The maximum Gasteiger partial charge on any atom is 0.286 e. The van der Waals surface area contributed by atoms with Crippen molar-refractivity contribution in [1.29, 1.82) is 0 Å². The van der Waals surface area contributed by atoms with Crippen molar-refractivity contribution in [2.45, 2.75) is 13.5 Å². The molecule has 0 N–H and O–H groups in total. The zero-order chi connectivity index (χ0) is 12.3. The number of hydrogen-bond acceptors (Lipinski definition) is 2. The van der Waals surface area contributed by atoms with Crippen LogP contribution < -0.4 is 4.57 Å². The second-order valence-electron chi connectivity index (χ2n) is 3.80. The number of ketones is 1. The van der Waals surface area contributed by atoms with Crippen LogP contribution in [0.3, 0.4) is 0 Å². The lowest BCUT2D eigenvalue weighted by molar-refractivity contribution is -0.686. The summed E-state index contributed by atoms with van der Waals surface area (Å²) < 4.78 is 14.4. The van der Waals surface area contributed by atoms with Crippen molar-refractivity contribution in [2.24, 2.45) is 0 Å². The summed E-state index contributed by atoms with van der Waals surface area (Å²) >= 11 is 0. The first kappa shape index (κ1) is 11.4. The van der Waals surface area contributed by atoms with Gasteiger partial charge in [-0.15, -0.1) is 0 Å². The van der Waals surface area contributed by atoms with Crippen molar-refractivity contribution in [2.75, 3.05) is 0 Å². The largest absolute Gasteiger partial charge is 0.290 e. The first-order valence-corrected chi connectivity index (χ1v) is 5.25. The van der Waals surface area contributed by atoms with E-state index in [4.69, 9.17) is 0 Å². The highest BCUT2D eigenvalue weighted by Crippen LogP contribution is 2.03. The van der Waals surface area contributed by atoms with E-state index < -0.39 is 0 Å². The first-order valence-electron chi connectivity index (χ1n) is 5.25. The minimum absolute atomic E-state index is 0.0688. The lowest BCUT2D eigenvalue weighted by Gasteiger charge is -1.99. The SMILES string of the molecule is Cc1cc[n+](CC(=O)c2ccc(F)cc2)cn1. The summed E-state index contributed by atoms with van der Waals surface area (Å²) in [5.41, 5.74) is 1.40. The van der Waals surface area contributed by atoms with Crippen LogP contribution >= 0.6 is 0 Å². The van der Waals surface area contributed by atoms with Gasteiger partial charge in [-0.2, -0.15) is 0 Å². The molecule has 4 heteroatoms. The Morgan fingerprint density at radius 2 is 2.00 bits per heavy atom. The molecule has 17 heavy (non-hydrogen) atoms. The van der Waals surface area contributed by atoms with Crippen molar-refractivity contribution in [3.8, 4) is 0 Å². The molecule has 0 saturated carbocycles. The third kappa shape index (κ3) is 2.93. The number of benzene rings is 1. The predicted molar refractivity (Wildman–Crippen MR) is 59.9 cm³/mol. The highest BCUT2D eigenvalue weighted by atomic mass is 19.1. The minimum atomic E-state index is -0.341. The summed E-state index contributed by atoms with van der Waals surface area (Å²) in [6.07, 6.45) is 3.40. The molecule has 1 aromatic heterocycles. The minimum Gasteiger partial charge on any atom is -0.290 e. The molecule has 0 amide bonds. The van der Waals surface area contributed by atoms with E-state index >= 15 is 0 Å². The topological polar surface area (TPSA) is 33.8 Å². The van der Waals surface area contributed by atoms with Gasteiger partial charge < -0.3 is 0 Å². The zero-order valence-electron chi connectivity index (χ0n) is 9.43. The van der Waals surface area contributed by atoms with Crippen molar-refractivity contribution < 1.29 is 13.8 Å². The van der Waals surface area contributed by atoms with E-state index in [0.29, 0.717) is 5.56 Å². The average Bonchev–Trinajstić information content (AvgIpc) is 2.33. The molecule has 1 heterocycles. The van der Waals surface area contributed by atoms with Gasteiger partial charge in [0.2, 0.25) is 5.78 Å². The first-order chi connectivity index (χ1) is 8.15. The number of hydrogen-bond donors (Lipinski definition) is 0. The monoisotopic (exact) mass is 231 g/mol. The summed E-state index contributed by atoms with van der Waals surface area (Å²) in [4.78, 5) is 15.9. The molecule has 3 nitrogen and oxygen atoms in total. The van der Waals surface area contributed by atoms with E-state index in [1.165, 1.54) is 24.3 Å². The molecule has 0 bridgehead atoms. The second-order valence-corrected chi connectivity index (χ2v) is 3.80. The van der Waals surface area contributed by atoms with Gasteiger partial charge in [-0.05, 0) is 24.3 Å². The average molecular weight is 231 g/mol. The second kappa shape index (κ2) is 4.82. The highest BCUT2D eigenvalue weighted by molar-refractivity contribution is 5.94. The number of aryl methyl sites for hydroxylation is 1. The van der Waals surface area contributed by atoms with Crippen LogP contribution in [-0.4, -0.2) is 10.8 Å². The third-order valence-electron chi connectivity index (χ3n) is 2.41. The van der Waals surface area contributed by atoms with E-state index in [1.54, 1.807) is 17.1 Å². The fraction of sp³-hybridized carbons (Fsp3) is 0.154. The number of rotatable bonds is 3. The van der Waals surface area contributed by atoms with Crippen molar-refractivity contribution >= 4 is 5.78 Å². The van der Waals surface area contributed by atoms with Gasteiger partial charge in [-0.25, -0.2) is 8.96 Å². The standard InChI is InChI=1S/C13H12FN2O/c1-10-6-7-16(9-15-10)8-13(17)11-2-4-12(14)5-3-11/h2-7,9H,8H2,1H3/q+1. The molecule has 86 valence electrons. The van der Waals surface area contributed by atoms with Crippen molar-refractivity contribution in [3.63, 3.8) is 0 Å². The highest BCUT2D eigenvalue weighted by Gasteiger charge is 2.09. The molecule has 0 fully saturated rings. The van der Waals surface area contributed by atoms with Crippen LogP contribution in [0, 0.1) is 12.7 Å². The number of Topliss-reactive ketones (excluding diaryl/α,β-unsaturated/α-hetero) is 1. The van der Waals surface area contributed by atoms with Gasteiger partial charge >= 0.3 is 0 Å². The van der Waals surface area contributed by atoms with E-state index in [0.717, 1.165) is 5.69 Å². The van der Waals surface area contributed by atoms with Crippen molar-refractivity contribution in [1.82, 2.24) is 4.98 Å². The molecule has 1 aromatic carbocycles. The molecular weight excluding hydrogens is 219 g/mol. The Kier molecular flexibility index (Phi) is 3.23. The summed E-state index contributed by atoms with van der Waals surface area (Å²) in [7, 11) is 0. The Morgan fingerprint density at radius 1 is 1.29 bits per heavy atom. The lowest BCUT2D eigenvalue weighted by Crippen LogP contribution is -2.37. The molecule has 2 aromatic rings. The normalized spacial score (nSPS) is 10.2. The lowest BCUT2D eigenvalue weighted by atomic mass is 10.1. The smallest absolute Gasteiger partial charge is 0.286 e. The number of carbonyl (C=O) groups excluding carboxylic acids is 1. The van der Waals surface area contributed by atoms with E-state index in [1.807, 2.05) is 13.0 Å². The van der Waals surface area contributed by atoms with Crippen LogP contribution in [0.2, 0.25) is 0 Å². The van der Waals surface area contributed by atoms with Crippen LogP contribution in [-0.2, 0) is 6.54 Å². The Hall–Kier alpha value is -2.10. The van der Waals surface area contributed by atoms with Crippen molar-refractivity contribution in [3.05, 3.63) is 59.9 Å². The summed E-state index contributed by atoms with van der Waals surface area (Å²) in [6, 6.07) is 7.37. The Balaban J connectivity index is 2.11. The zero-order valence-corrected chi connectivity index (χ0v) is 9.43. The van der Waals surface area contributed by atoms with Crippen LogP contribution in [0.4, 0.5) is 4.39 Å². The quantitative estimate of drug-likeness (QED) is 0.595. The van der Waals surface area contributed by atoms with Crippen LogP contribution in [0.1, 0.15) is 16.1 Å². The number of aromatic nitrogens is 2.